The minimum Gasteiger partial charge on any atom is -0.209 e. The van der Waals surface area contributed by atoms with Crippen LogP contribution in [0.5, 0.6) is 0 Å². The van der Waals surface area contributed by atoms with Crippen LogP contribution in [0, 0.1) is 0 Å². The van der Waals surface area contributed by atoms with Gasteiger partial charge in [-0.1, -0.05) is 112 Å². The van der Waals surface area contributed by atoms with Crippen LogP contribution in [0.15, 0.2) is 64.4 Å². The van der Waals surface area contributed by atoms with E-state index in [1.165, 1.54) is 0 Å². The number of alkyl halides is 6. The lowest BCUT2D eigenvalue weighted by Crippen LogP contribution is -2.16. The van der Waals surface area contributed by atoms with Gasteiger partial charge in [-0.05, 0) is 24.3 Å². The van der Waals surface area contributed by atoms with Gasteiger partial charge >= 0.3 is 0 Å². The molecule has 0 saturated heterocycles. The quantitative estimate of drug-likeness (QED) is 0.353. The minimum absolute atomic E-state index is 0.125. The number of hydrogen-bond acceptors (Lipinski definition) is 4. The lowest BCUT2D eigenvalue weighted by atomic mass is 10.2. The van der Waals surface area contributed by atoms with E-state index in [1.807, 2.05) is 54.6 Å². The predicted molar refractivity (Wildman–Crippen MR) is 114 cm³/mol. The Morgan fingerprint density at radius 3 is 1.74 bits per heavy atom. The number of nitrogens with zero attached hydrogens (tertiary/aromatic N) is 3. The van der Waals surface area contributed by atoms with E-state index in [0.717, 1.165) is 9.79 Å². The van der Waals surface area contributed by atoms with Crippen molar-refractivity contribution >= 4 is 81.4 Å². The second-order valence-electron chi connectivity index (χ2n) is 5.24. The van der Waals surface area contributed by atoms with E-state index >= 15 is 0 Å². The summed E-state index contributed by atoms with van der Waals surface area (Å²) in [4.78, 5) is 14.5. The second-order valence-corrected chi connectivity index (χ2v) is 11.0. The van der Waals surface area contributed by atoms with E-state index in [0.29, 0.717) is 5.56 Å². The van der Waals surface area contributed by atoms with Crippen LogP contribution in [0.3, 0.4) is 0 Å². The highest BCUT2D eigenvalue weighted by Gasteiger charge is 2.34. The van der Waals surface area contributed by atoms with Crippen molar-refractivity contribution in [3.8, 4) is 11.4 Å². The summed E-state index contributed by atoms with van der Waals surface area (Å²) < 4.78 is -3.78. The highest BCUT2D eigenvalue weighted by molar-refractivity contribution is 7.99. The number of benzene rings is 2. The molecule has 0 saturated carbocycles. The second kappa shape index (κ2) is 8.50. The van der Waals surface area contributed by atoms with Gasteiger partial charge in [-0.15, -0.1) is 0 Å². The molecule has 0 unspecified atom stereocenters. The third-order valence-corrected chi connectivity index (χ3v) is 5.23. The summed E-state index contributed by atoms with van der Waals surface area (Å²) in [6, 6.07) is 17.5. The molecule has 2 aromatic carbocycles. The van der Waals surface area contributed by atoms with Crippen LogP contribution in [0.1, 0.15) is 11.6 Å². The van der Waals surface area contributed by atoms with Gasteiger partial charge < -0.3 is 0 Å². The van der Waals surface area contributed by atoms with Crippen LogP contribution in [0.2, 0.25) is 0 Å². The third kappa shape index (κ3) is 5.77. The Hall–Kier alpha value is -0.460. The summed E-state index contributed by atoms with van der Waals surface area (Å²) in [6.07, 6.45) is 0. The van der Waals surface area contributed by atoms with E-state index in [2.05, 4.69) is 15.0 Å². The van der Waals surface area contributed by atoms with Gasteiger partial charge in [0.25, 0.3) is 0 Å². The fourth-order valence-corrected chi connectivity index (χ4v) is 3.49. The van der Waals surface area contributed by atoms with Gasteiger partial charge in [0.1, 0.15) is 0 Å². The number of hydrogen-bond donors (Lipinski definition) is 0. The van der Waals surface area contributed by atoms with Gasteiger partial charge in [0, 0.05) is 15.4 Å². The minimum atomic E-state index is -1.89. The van der Waals surface area contributed by atoms with Gasteiger partial charge in [-0.3, -0.25) is 0 Å². The fraction of sp³-hybridized carbons (Fsp3) is 0.118. The molecule has 27 heavy (non-hydrogen) atoms. The first-order chi connectivity index (χ1) is 12.6. The van der Waals surface area contributed by atoms with Crippen molar-refractivity contribution in [2.24, 2.45) is 0 Å². The zero-order valence-corrected chi connectivity index (χ0v) is 18.6. The maximum atomic E-state index is 5.92. The van der Waals surface area contributed by atoms with Crippen molar-refractivity contribution in [2.45, 2.75) is 17.4 Å². The van der Waals surface area contributed by atoms with Crippen LogP contribution >= 0.6 is 81.4 Å². The Labute approximate surface area is 190 Å². The van der Waals surface area contributed by atoms with Crippen LogP contribution in [0.25, 0.3) is 11.4 Å². The molecule has 3 nitrogen and oxygen atoms in total. The molecule has 10 heteroatoms. The molecule has 0 radical (unpaired) electrons. The molecule has 0 aliphatic heterocycles. The summed E-state index contributed by atoms with van der Waals surface area (Å²) in [5, 5.41) is 0. The maximum Gasteiger partial charge on any atom is 0.250 e. The van der Waals surface area contributed by atoms with Gasteiger partial charge in [0.15, 0.2) is 17.5 Å². The first-order valence-corrected chi connectivity index (χ1v) is 10.5. The van der Waals surface area contributed by atoms with Gasteiger partial charge in [0.2, 0.25) is 7.59 Å². The standard InChI is InChI=1S/C17H9Cl6N3S/c18-16(19,20)14-24-13(25-15(26-14)17(21,22)23)10-5-4-8-12(9-10)27-11-6-2-1-3-7-11/h1-9H. The van der Waals surface area contributed by atoms with E-state index in [9.17, 15) is 0 Å². The predicted octanol–water partition coefficient (Wildman–Crippen LogP) is 7.34. The Bertz CT molecular complexity index is 909. The van der Waals surface area contributed by atoms with Gasteiger partial charge in [-0.2, -0.15) is 0 Å². The molecule has 1 heterocycles. The lowest BCUT2D eigenvalue weighted by molar-refractivity contribution is 0.851. The first-order valence-electron chi connectivity index (χ1n) is 7.37. The first kappa shape index (κ1) is 21.3. The van der Waals surface area contributed by atoms with Gasteiger partial charge in [0.05, 0.1) is 0 Å². The zero-order valence-electron chi connectivity index (χ0n) is 13.2. The molecule has 3 aromatic rings. The maximum absolute atomic E-state index is 5.92. The molecule has 0 atom stereocenters. The summed E-state index contributed by atoms with van der Waals surface area (Å²) in [5.41, 5.74) is 0.671. The summed E-state index contributed by atoms with van der Waals surface area (Å²) in [5.74, 6) is -0.0111. The highest BCUT2D eigenvalue weighted by atomic mass is 35.6. The topological polar surface area (TPSA) is 38.7 Å². The van der Waals surface area contributed by atoms with E-state index in [1.54, 1.807) is 11.8 Å². The summed E-state index contributed by atoms with van der Waals surface area (Å²) in [7, 11) is 0. The van der Waals surface area contributed by atoms with Crippen molar-refractivity contribution in [3.05, 3.63) is 66.2 Å². The van der Waals surface area contributed by atoms with E-state index in [4.69, 9.17) is 69.6 Å². The molecular weight excluding hydrogens is 491 g/mol. The average molecular weight is 500 g/mol. The van der Waals surface area contributed by atoms with Crippen molar-refractivity contribution < 1.29 is 0 Å². The SMILES string of the molecule is ClC(Cl)(Cl)c1nc(-c2cccc(Sc3ccccc3)c2)nc(C(Cl)(Cl)Cl)n1. The largest absolute Gasteiger partial charge is 0.250 e. The number of rotatable bonds is 3. The zero-order chi connectivity index (χ0) is 19.7. The van der Waals surface area contributed by atoms with Crippen molar-refractivity contribution in [2.75, 3.05) is 0 Å². The van der Waals surface area contributed by atoms with Crippen LogP contribution in [-0.4, -0.2) is 15.0 Å². The molecule has 0 N–H and O–H groups in total. The monoisotopic (exact) mass is 497 g/mol. The molecule has 0 aliphatic rings. The van der Waals surface area contributed by atoms with Crippen LogP contribution in [-0.2, 0) is 7.59 Å². The fourth-order valence-electron chi connectivity index (χ4n) is 2.08. The van der Waals surface area contributed by atoms with Crippen molar-refractivity contribution in [1.82, 2.24) is 15.0 Å². The van der Waals surface area contributed by atoms with Crippen LogP contribution < -0.4 is 0 Å². The molecule has 0 fully saturated rings. The molecule has 3 rings (SSSR count). The van der Waals surface area contributed by atoms with E-state index < -0.39 is 7.59 Å². The molecule has 0 aliphatic carbocycles. The third-order valence-electron chi connectivity index (χ3n) is 3.21. The average Bonchev–Trinajstić information content (AvgIpc) is 2.61. The Kier molecular flexibility index (Phi) is 6.69. The van der Waals surface area contributed by atoms with Gasteiger partial charge in [-0.25, -0.2) is 15.0 Å². The summed E-state index contributed by atoms with van der Waals surface area (Å²) in [6.45, 7) is 0. The highest BCUT2D eigenvalue weighted by Crippen LogP contribution is 2.41. The molecule has 1 aromatic heterocycles. The number of halogens is 6. The molecule has 0 amide bonds. The van der Waals surface area contributed by atoms with E-state index in [-0.39, 0.29) is 17.5 Å². The smallest absolute Gasteiger partial charge is 0.209 e. The molecular formula is C17H9Cl6N3S. The Balaban J connectivity index is 2.04. The normalized spacial score (nSPS) is 12.2. The Morgan fingerprint density at radius 1 is 0.630 bits per heavy atom. The molecule has 0 bridgehead atoms. The van der Waals surface area contributed by atoms with Crippen molar-refractivity contribution in [3.63, 3.8) is 0 Å². The molecule has 140 valence electrons. The number of aromatic nitrogens is 3. The summed E-state index contributed by atoms with van der Waals surface area (Å²) >= 11 is 37.1. The van der Waals surface area contributed by atoms with Crippen molar-refractivity contribution in [1.29, 1.82) is 0 Å². The Morgan fingerprint density at radius 2 is 1.19 bits per heavy atom. The lowest BCUT2D eigenvalue weighted by Gasteiger charge is -2.15. The molecule has 0 spiro atoms. The van der Waals surface area contributed by atoms with Crippen LogP contribution in [0.4, 0.5) is 0 Å².